The maximum atomic E-state index is 12.0. The zero-order chi connectivity index (χ0) is 10.8. The summed E-state index contributed by atoms with van der Waals surface area (Å²) >= 11 is 0. The second-order valence-corrected chi connectivity index (χ2v) is 3.87. The van der Waals surface area contributed by atoms with Gasteiger partial charge in [0.15, 0.2) is 0 Å². The molecule has 0 saturated carbocycles. The third kappa shape index (κ3) is 1.93. The van der Waals surface area contributed by atoms with Crippen molar-refractivity contribution in [3.05, 3.63) is 23.4 Å². The Balaban J connectivity index is 2.24. The third-order valence-electron chi connectivity index (χ3n) is 2.73. The highest BCUT2D eigenvalue weighted by atomic mass is 16.2. The summed E-state index contributed by atoms with van der Waals surface area (Å²) in [4.78, 5) is 18.0. The Bertz CT molecular complexity index is 383. The Labute approximate surface area is 89.1 Å². The summed E-state index contributed by atoms with van der Waals surface area (Å²) in [7, 11) is 0. The van der Waals surface area contributed by atoms with Crippen LogP contribution in [0.1, 0.15) is 28.9 Å². The molecule has 1 aromatic rings. The molecule has 2 heterocycles. The van der Waals surface area contributed by atoms with Gasteiger partial charge in [0.05, 0.1) is 11.3 Å². The van der Waals surface area contributed by atoms with Gasteiger partial charge in [-0.3, -0.25) is 4.79 Å². The predicted molar refractivity (Wildman–Crippen MR) is 58.5 cm³/mol. The van der Waals surface area contributed by atoms with Crippen LogP contribution in [-0.2, 0) is 0 Å². The summed E-state index contributed by atoms with van der Waals surface area (Å²) in [5.74, 6) is 0.544. The number of nitrogens with two attached hydrogens (primary N) is 1. The Kier molecular flexibility index (Phi) is 2.58. The molecule has 1 aliphatic rings. The van der Waals surface area contributed by atoms with Crippen molar-refractivity contribution in [2.75, 3.05) is 18.8 Å². The number of hydrogen-bond donors (Lipinski definition) is 1. The number of carbonyl (C=O) groups excluding carboxylic acids is 1. The molecule has 4 nitrogen and oxygen atoms in total. The van der Waals surface area contributed by atoms with E-state index in [0.29, 0.717) is 17.1 Å². The third-order valence-corrected chi connectivity index (χ3v) is 2.73. The van der Waals surface area contributed by atoms with Crippen LogP contribution >= 0.6 is 0 Å². The van der Waals surface area contributed by atoms with Gasteiger partial charge in [-0.15, -0.1) is 0 Å². The number of carbonyl (C=O) groups is 1. The van der Waals surface area contributed by atoms with Crippen molar-refractivity contribution in [3.63, 3.8) is 0 Å². The molecule has 1 aliphatic heterocycles. The Morgan fingerprint density at radius 2 is 2.07 bits per heavy atom. The summed E-state index contributed by atoms with van der Waals surface area (Å²) in [6, 6.07) is 3.44. The average molecular weight is 205 g/mol. The van der Waals surface area contributed by atoms with E-state index in [1.165, 1.54) is 0 Å². The molecule has 0 unspecified atom stereocenters. The largest absolute Gasteiger partial charge is 0.384 e. The number of aromatic nitrogens is 1. The lowest BCUT2D eigenvalue weighted by atomic mass is 10.2. The number of rotatable bonds is 1. The maximum Gasteiger partial charge on any atom is 0.255 e. The minimum Gasteiger partial charge on any atom is -0.384 e. The fraction of sp³-hybridized carbons (Fsp3) is 0.455. The fourth-order valence-corrected chi connectivity index (χ4v) is 1.90. The molecule has 0 aliphatic carbocycles. The van der Waals surface area contributed by atoms with Crippen molar-refractivity contribution in [2.24, 2.45) is 0 Å². The number of hydrogen-bond acceptors (Lipinski definition) is 3. The lowest BCUT2D eigenvalue weighted by Crippen LogP contribution is -2.28. The number of nitrogens with zero attached hydrogens (tertiary/aromatic N) is 2. The molecule has 0 radical (unpaired) electrons. The van der Waals surface area contributed by atoms with E-state index < -0.39 is 0 Å². The van der Waals surface area contributed by atoms with Gasteiger partial charge in [-0.05, 0) is 31.9 Å². The summed E-state index contributed by atoms with van der Waals surface area (Å²) in [5, 5.41) is 0. The number of amides is 1. The lowest BCUT2D eigenvalue weighted by molar-refractivity contribution is 0.0791. The van der Waals surface area contributed by atoms with E-state index in [-0.39, 0.29) is 5.91 Å². The van der Waals surface area contributed by atoms with Crippen LogP contribution in [0.3, 0.4) is 0 Å². The highest BCUT2D eigenvalue weighted by Crippen LogP contribution is 2.15. The Hall–Kier alpha value is -1.58. The second-order valence-electron chi connectivity index (χ2n) is 3.87. The van der Waals surface area contributed by atoms with Crippen LogP contribution < -0.4 is 5.73 Å². The van der Waals surface area contributed by atoms with Gasteiger partial charge in [0.25, 0.3) is 5.91 Å². The topological polar surface area (TPSA) is 59.2 Å². The van der Waals surface area contributed by atoms with Crippen LogP contribution in [0.4, 0.5) is 5.82 Å². The molecule has 2 N–H and O–H groups in total. The molecule has 1 fully saturated rings. The Morgan fingerprint density at radius 3 is 2.67 bits per heavy atom. The molecule has 1 aromatic heterocycles. The zero-order valence-electron chi connectivity index (χ0n) is 8.86. The van der Waals surface area contributed by atoms with Crippen LogP contribution in [-0.4, -0.2) is 28.9 Å². The van der Waals surface area contributed by atoms with E-state index in [1.54, 1.807) is 12.1 Å². The molecule has 80 valence electrons. The molecule has 0 bridgehead atoms. The first-order valence-corrected chi connectivity index (χ1v) is 5.21. The summed E-state index contributed by atoms with van der Waals surface area (Å²) < 4.78 is 0. The smallest absolute Gasteiger partial charge is 0.255 e. The molecule has 15 heavy (non-hydrogen) atoms. The molecular weight excluding hydrogens is 190 g/mol. The van der Waals surface area contributed by atoms with Crippen molar-refractivity contribution < 1.29 is 4.79 Å². The minimum atomic E-state index is 0.0810. The zero-order valence-corrected chi connectivity index (χ0v) is 8.86. The van der Waals surface area contributed by atoms with Crippen LogP contribution in [0.5, 0.6) is 0 Å². The minimum absolute atomic E-state index is 0.0810. The highest BCUT2D eigenvalue weighted by Gasteiger charge is 2.21. The molecule has 4 heteroatoms. The van der Waals surface area contributed by atoms with Gasteiger partial charge in [-0.25, -0.2) is 4.98 Å². The number of pyridine rings is 1. The summed E-state index contributed by atoms with van der Waals surface area (Å²) in [6.45, 7) is 3.55. The standard InChI is InChI=1S/C11H15N3O/c1-8-9(4-5-10(12)13-8)11(15)14-6-2-3-7-14/h4-5H,2-3,6-7H2,1H3,(H2,12,13). The van der Waals surface area contributed by atoms with Crippen LogP contribution in [0.2, 0.25) is 0 Å². The van der Waals surface area contributed by atoms with Crippen molar-refractivity contribution in [1.29, 1.82) is 0 Å². The van der Waals surface area contributed by atoms with Crippen LogP contribution in [0.15, 0.2) is 12.1 Å². The number of anilines is 1. The first-order chi connectivity index (χ1) is 7.18. The van der Waals surface area contributed by atoms with Crippen molar-refractivity contribution in [3.8, 4) is 0 Å². The van der Waals surface area contributed by atoms with Crippen molar-refractivity contribution in [2.45, 2.75) is 19.8 Å². The Morgan fingerprint density at radius 1 is 1.40 bits per heavy atom. The normalized spacial score (nSPS) is 15.7. The quantitative estimate of drug-likeness (QED) is 0.749. The van der Waals surface area contributed by atoms with Gasteiger partial charge < -0.3 is 10.6 Å². The number of nitrogen functional groups attached to an aromatic ring is 1. The number of likely N-dealkylation sites (tertiary alicyclic amines) is 1. The van der Waals surface area contributed by atoms with Gasteiger partial charge in [0.1, 0.15) is 5.82 Å². The van der Waals surface area contributed by atoms with E-state index in [4.69, 9.17) is 5.73 Å². The fourth-order valence-electron chi connectivity index (χ4n) is 1.90. The van der Waals surface area contributed by atoms with Gasteiger partial charge >= 0.3 is 0 Å². The van der Waals surface area contributed by atoms with E-state index >= 15 is 0 Å². The summed E-state index contributed by atoms with van der Waals surface area (Å²) in [6.07, 6.45) is 2.21. The molecule has 0 aromatic carbocycles. The first-order valence-electron chi connectivity index (χ1n) is 5.21. The SMILES string of the molecule is Cc1nc(N)ccc1C(=O)N1CCCC1. The molecule has 1 saturated heterocycles. The van der Waals surface area contributed by atoms with Gasteiger partial charge in [-0.1, -0.05) is 0 Å². The van der Waals surface area contributed by atoms with E-state index in [9.17, 15) is 4.79 Å². The van der Waals surface area contributed by atoms with Crippen LogP contribution in [0, 0.1) is 6.92 Å². The van der Waals surface area contributed by atoms with Gasteiger partial charge in [-0.2, -0.15) is 0 Å². The molecule has 2 rings (SSSR count). The predicted octanol–water partition coefficient (Wildman–Crippen LogP) is 1.21. The van der Waals surface area contributed by atoms with Crippen molar-refractivity contribution >= 4 is 11.7 Å². The highest BCUT2D eigenvalue weighted by molar-refractivity contribution is 5.95. The second kappa shape index (κ2) is 3.88. The van der Waals surface area contributed by atoms with Crippen molar-refractivity contribution in [1.82, 2.24) is 9.88 Å². The van der Waals surface area contributed by atoms with Gasteiger partial charge in [0, 0.05) is 13.1 Å². The first kappa shape index (κ1) is 9.96. The average Bonchev–Trinajstić information content (AvgIpc) is 2.69. The molecule has 0 spiro atoms. The van der Waals surface area contributed by atoms with E-state index in [1.807, 2.05) is 11.8 Å². The van der Waals surface area contributed by atoms with E-state index in [2.05, 4.69) is 4.98 Å². The maximum absolute atomic E-state index is 12.0. The van der Waals surface area contributed by atoms with Gasteiger partial charge in [0.2, 0.25) is 0 Å². The monoisotopic (exact) mass is 205 g/mol. The summed E-state index contributed by atoms with van der Waals surface area (Å²) in [5.41, 5.74) is 6.93. The molecular formula is C11H15N3O. The lowest BCUT2D eigenvalue weighted by Gasteiger charge is -2.16. The number of aryl methyl sites for hydroxylation is 1. The molecule has 1 amide bonds. The molecule has 0 atom stereocenters. The van der Waals surface area contributed by atoms with E-state index in [0.717, 1.165) is 25.9 Å². The van der Waals surface area contributed by atoms with Crippen LogP contribution in [0.25, 0.3) is 0 Å².